The Hall–Kier alpha value is -0.970. The van der Waals surface area contributed by atoms with Crippen molar-refractivity contribution in [2.45, 2.75) is 19.1 Å². The maximum absolute atomic E-state index is 9.38. The predicted molar refractivity (Wildman–Crippen MR) is 58.4 cm³/mol. The van der Waals surface area contributed by atoms with Crippen LogP contribution in [-0.2, 0) is 0 Å². The number of hydrogen-bond acceptors (Lipinski definition) is 4. The molecule has 3 N–H and O–H groups in total. The van der Waals surface area contributed by atoms with Gasteiger partial charge in [-0.25, -0.2) is 0 Å². The summed E-state index contributed by atoms with van der Waals surface area (Å²) >= 11 is 0. The highest BCUT2D eigenvalue weighted by molar-refractivity contribution is 5.85. The van der Waals surface area contributed by atoms with Crippen molar-refractivity contribution in [2.75, 3.05) is 6.79 Å². The van der Waals surface area contributed by atoms with Crippen LogP contribution in [0.3, 0.4) is 0 Å². The summed E-state index contributed by atoms with van der Waals surface area (Å²) in [5, 5.41) is 9.38. The zero-order valence-electron chi connectivity index (χ0n) is 8.34. The molecule has 1 aromatic carbocycles. The van der Waals surface area contributed by atoms with Crippen molar-refractivity contribution in [1.82, 2.24) is 0 Å². The molecule has 0 amide bonds. The van der Waals surface area contributed by atoms with Crippen molar-refractivity contribution >= 4 is 12.4 Å². The third kappa shape index (κ3) is 2.17. The number of nitrogens with two attached hydrogens (primary N) is 1. The van der Waals surface area contributed by atoms with Gasteiger partial charge in [0.1, 0.15) is 0 Å². The van der Waals surface area contributed by atoms with Crippen molar-refractivity contribution in [3.8, 4) is 11.5 Å². The molecule has 84 valence electrons. The van der Waals surface area contributed by atoms with Gasteiger partial charge >= 0.3 is 0 Å². The Kier molecular flexibility index (Phi) is 3.79. The van der Waals surface area contributed by atoms with E-state index in [2.05, 4.69) is 0 Å². The molecule has 0 aromatic heterocycles. The van der Waals surface area contributed by atoms with Crippen LogP contribution < -0.4 is 15.2 Å². The lowest BCUT2D eigenvalue weighted by molar-refractivity contribution is 0.156. The van der Waals surface area contributed by atoms with E-state index in [-0.39, 0.29) is 19.2 Å². The molecule has 1 heterocycles. The third-order valence-corrected chi connectivity index (χ3v) is 2.31. The molecule has 0 unspecified atom stereocenters. The second-order valence-electron chi connectivity index (χ2n) is 3.35. The van der Waals surface area contributed by atoms with Crippen molar-refractivity contribution < 1.29 is 14.6 Å². The molecule has 4 nitrogen and oxygen atoms in total. The zero-order chi connectivity index (χ0) is 10.1. The van der Waals surface area contributed by atoms with E-state index in [9.17, 15) is 5.11 Å². The Bertz CT molecular complexity index is 343. The molecule has 1 aliphatic heterocycles. The molecule has 0 saturated heterocycles. The minimum atomic E-state index is -0.606. The largest absolute Gasteiger partial charge is 0.454 e. The Labute approximate surface area is 94.4 Å². The van der Waals surface area contributed by atoms with E-state index in [0.717, 1.165) is 5.56 Å². The van der Waals surface area contributed by atoms with E-state index in [1.807, 2.05) is 18.2 Å². The minimum Gasteiger partial charge on any atom is -0.454 e. The Balaban J connectivity index is 0.00000112. The second-order valence-corrected chi connectivity index (χ2v) is 3.35. The van der Waals surface area contributed by atoms with E-state index >= 15 is 0 Å². The summed E-state index contributed by atoms with van der Waals surface area (Å²) in [6.07, 6.45) is -0.606. The van der Waals surface area contributed by atoms with Gasteiger partial charge in [-0.1, -0.05) is 12.1 Å². The number of rotatable bonds is 2. The second kappa shape index (κ2) is 4.70. The smallest absolute Gasteiger partial charge is 0.231 e. The Morgan fingerprint density at radius 2 is 2.13 bits per heavy atom. The number of hydrogen-bond donors (Lipinski definition) is 2. The predicted octanol–water partition coefficient (Wildman–Crippen LogP) is 1.22. The molecular weight excluding hydrogens is 218 g/mol. The van der Waals surface area contributed by atoms with Gasteiger partial charge < -0.3 is 20.3 Å². The number of benzene rings is 1. The van der Waals surface area contributed by atoms with Gasteiger partial charge in [0.05, 0.1) is 12.1 Å². The van der Waals surface area contributed by atoms with Crippen LogP contribution in [0.4, 0.5) is 0 Å². The van der Waals surface area contributed by atoms with Crippen LogP contribution in [-0.4, -0.2) is 18.0 Å². The molecule has 0 bridgehead atoms. The first-order valence-electron chi connectivity index (χ1n) is 4.52. The van der Waals surface area contributed by atoms with Gasteiger partial charge in [-0.3, -0.25) is 0 Å². The van der Waals surface area contributed by atoms with Crippen LogP contribution in [0.25, 0.3) is 0 Å². The van der Waals surface area contributed by atoms with Gasteiger partial charge in [0.15, 0.2) is 11.5 Å². The van der Waals surface area contributed by atoms with Crippen LogP contribution in [0.15, 0.2) is 18.2 Å². The molecule has 0 radical (unpaired) electrons. The van der Waals surface area contributed by atoms with Crippen molar-refractivity contribution in [3.63, 3.8) is 0 Å². The number of aliphatic hydroxyl groups is 1. The summed E-state index contributed by atoms with van der Waals surface area (Å²) in [6, 6.07) is 5.06. The number of fused-ring (bicyclic) bond motifs is 1. The summed E-state index contributed by atoms with van der Waals surface area (Å²) in [5.74, 6) is 1.35. The first-order chi connectivity index (χ1) is 6.70. The summed E-state index contributed by atoms with van der Waals surface area (Å²) < 4.78 is 10.5. The van der Waals surface area contributed by atoms with Gasteiger partial charge in [0, 0.05) is 5.56 Å². The number of halogens is 1. The molecule has 0 fully saturated rings. The van der Waals surface area contributed by atoms with Crippen LogP contribution in [0.5, 0.6) is 11.5 Å². The maximum Gasteiger partial charge on any atom is 0.231 e. The average Bonchev–Trinajstić information content (AvgIpc) is 2.63. The summed E-state index contributed by atoms with van der Waals surface area (Å²) in [4.78, 5) is 0. The molecular formula is C10H14ClNO3. The Morgan fingerprint density at radius 1 is 1.40 bits per heavy atom. The maximum atomic E-state index is 9.38. The van der Waals surface area contributed by atoms with E-state index in [4.69, 9.17) is 15.2 Å². The summed E-state index contributed by atoms with van der Waals surface area (Å²) in [6.45, 7) is 1.87. The fourth-order valence-electron chi connectivity index (χ4n) is 1.48. The van der Waals surface area contributed by atoms with E-state index < -0.39 is 12.1 Å². The number of para-hydroxylation sites is 1. The molecule has 1 aromatic rings. The SMILES string of the molecule is C[C@@H](O)[C@@H](N)c1cccc2c1OCO2.Cl. The fraction of sp³-hybridized carbons (Fsp3) is 0.400. The average molecular weight is 232 g/mol. The summed E-state index contributed by atoms with van der Waals surface area (Å²) in [5.41, 5.74) is 6.61. The Morgan fingerprint density at radius 3 is 2.80 bits per heavy atom. The van der Waals surface area contributed by atoms with Gasteiger partial charge in [-0.05, 0) is 13.0 Å². The highest BCUT2D eigenvalue weighted by Gasteiger charge is 2.23. The van der Waals surface area contributed by atoms with Crippen molar-refractivity contribution in [2.24, 2.45) is 5.73 Å². The van der Waals surface area contributed by atoms with Gasteiger partial charge in [0.25, 0.3) is 0 Å². The number of ether oxygens (including phenoxy) is 2. The molecule has 1 aliphatic rings. The molecule has 2 rings (SSSR count). The topological polar surface area (TPSA) is 64.7 Å². The van der Waals surface area contributed by atoms with Crippen LogP contribution in [0, 0.1) is 0 Å². The molecule has 2 atom stereocenters. The normalized spacial score (nSPS) is 16.7. The van der Waals surface area contributed by atoms with Crippen LogP contribution in [0.1, 0.15) is 18.5 Å². The van der Waals surface area contributed by atoms with Crippen molar-refractivity contribution in [1.29, 1.82) is 0 Å². The van der Waals surface area contributed by atoms with Gasteiger partial charge in [-0.2, -0.15) is 0 Å². The first kappa shape index (κ1) is 12.1. The highest BCUT2D eigenvalue weighted by Crippen LogP contribution is 2.38. The first-order valence-corrected chi connectivity index (χ1v) is 4.52. The zero-order valence-corrected chi connectivity index (χ0v) is 9.16. The van der Waals surface area contributed by atoms with Gasteiger partial charge in [0.2, 0.25) is 6.79 Å². The van der Waals surface area contributed by atoms with Crippen molar-refractivity contribution in [3.05, 3.63) is 23.8 Å². The standard InChI is InChI=1S/C10H13NO3.ClH/c1-6(12)9(11)7-3-2-4-8-10(7)14-5-13-8;/h2-4,6,9,12H,5,11H2,1H3;1H/t6-,9-;/m1./s1. The van der Waals surface area contributed by atoms with E-state index in [0.29, 0.717) is 11.5 Å². The molecule has 0 saturated carbocycles. The highest BCUT2D eigenvalue weighted by atomic mass is 35.5. The van der Waals surface area contributed by atoms with Crippen LogP contribution >= 0.6 is 12.4 Å². The molecule has 0 aliphatic carbocycles. The van der Waals surface area contributed by atoms with E-state index in [1.165, 1.54) is 0 Å². The minimum absolute atomic E-state index is 0. The van der Waals surface area contributed by atoms with Gasteiger partial charge in [-0.15, -0.1) is 12.4 Å². The molecule has 5 heteroatoms. The molecule has 15 heavy (non-hydrogen) atoms. The summed E-state index contributed by atoms with van der Waals surface area (Å²) in [7, 11) is 0. The quantitative estimate of drug-likeness (QED) is 0.803. The monoisotopic (exact) mass is 231 g/mol. The third-order valence-electron chi connectivity index (χ3n) is 2.31. The van der Waals surface area contributed by atoms with E-state index in [1.54, 1.807) is 6.92 Å². The lowest BCUT2D eigenvalue weighted by Crippen LogP contribution is -2.23. The number of aliphatic hydroxyl groups excluding tert-OH is 1. The lowest BCUT2D eigenvalue weighted by Gasteiger charge is -2.16. The molecule has 0 spiro atoms. The van der Waals surface area contributed by atoms with Crippen LogP contribution in [0.2, 0.25) is 0 Å². The fourth-order valence-corrected chi connectivity index (χ4v) is 1.48. The lowest BCUT2D eigenvalue weighted by atomic mass is 10.0.